The van der Waals surface area contributed by atoms with E-state index in [0.717, 1.165) is 18.0 Å². The molecule has 0 spiro atoms. The highest BCUT2D eigenvalue weighted by molar-refractivity contribution is 7.91. The van der Waals surface area contributed by atoms with Crippen molar-refractivity contribution in [3.63, 3.8) is 0 Å². The van der Waals surface area contributed by atoms with Crippen LogP contribution in [0, 0.1) is 5.41 Å². The first kappa shape index (κ1) is 17.2. The van der Waals surface area contributed by atoms with Gasteiger partial charge in [0.2, 0.25) is 0 Å². The molecule has 0 aliphatic rings. The van der Waals surface area contributed by atoms with E-state index in [0.29, 0.717) is 18.2 Å². The monoisotopic (exact) mass is 321 g/mol. The summed E-state index contributed by atoms with van der Waals surface area (Å²) in [5.41, 5.74) is 5.67. The molecule has 0 atom stereocenters. The Balaban J connectivity index is 2.85. The van der Waals surface area contributed by atoms with Gasteiger partial charge >= 0.3 is 0 Å². The van der Waals surface area contributed by atoms with Gasteiger partial charge in [-0.2, -0.15) is 4.37 Å². The van der Waals surface area contributed by atoms with E-state index < -0.39 is 9.84 Å². The maximum Gasteiger partial charge on any atom is 0.184 e. The molecule has 20 heavy (non-hydrogen) atoms. The number of ether oxygens (including phenoxy) is 1. The molecule has 3 N–H and O–H groups in total. The zero-order valence-corrected chi connectivity index (χ0v) is 14.0. The van der Waals surface area contributed by atoms with Crippen molar-refractivity contribution in [1.82, 2.24) is 4.37 Å². The van der Waals surface area contributed by atoms with E-state index in [9.17, 15) is 8.42 Å². The summed E-state index contributed by atoms with van der Waals surface area (Å²) >= 11 is 1.09. The average Bonchev–Trinajstić information content (AvgIpc) is 2.76. The minimum Gasteiger partial charge on any atom is -0.385 e. The van der Waals surface area contributed by atoms with Crippen molar-refractivity contribution in [1.29, 1.82) is 0 Å². The van der Waals surface area contributed by atoms with E-state index in [-0.39, 0.29) is 21.9 Å². The van der Waals surface area contributed by atoms with Crippen LogP contribution in [0.4, 0.5) is 10.8 Å². The van der Waals surface area contributed by atoms with E-state index in [4.69, 9.17) is 10.5 Å². The van der Waals surface area contributed by atoms with E-state index in [2.05, 4.69) is 23.5 Å². The maximum absolute atomic E-state index is 12.0. The van der Waals surface area contributed by atoms with Crippen LogP contribution in [0.3, 0.4) is 0 Å². The minimum absolute atomic E-state index is 0.0113. The Morgan fingerprint density at radius 3 is 2.65 bits per heavy atom. The molecular formula is C12H23N3O3S2. The predicted octanol–water partition coefficient (Wildman–Crippen LogP) is 1.99. The second-order valence-electron chi connectivity index (χ2n) is 5.39. The van der Waals surface area contributed by atoms with Gasteiger partial charge in [0.1, 0.15) is 9.90 Å². The molecule has 116 valence electrons. The second-order valence-corrected chi connectivity index (χ2v) is 8.38. The van der Waals surface area contributed by atoms with Crippen LogP contribution in [0.25, 0.3) is 0 Å². The van der Waals surface area contributed by atoms with Gasteiger partial charge in [0.05, 0.1) is 5.75 Å². The van der Waals surface area contributed by atoms with E-state index in [1.807, 2.05) is 0 Å². The summed E-state index contributed by atoms with van der Waals surface area (Å²) < 4.78 is 33.1. The Kier molecular flexibility index (Phi) is 5.79. The molecule has 1 aromatic heterocycles. The van der Waals surface area contributed by atoms with Crippen LogP contribution in [0.2, 0.25) is 0 Å². The highest BCUT2D eigenvalue weighted by Gasteiger charge is 2.25. The number of sulfone groups is 1. The molecule has 0 bridgehead atoms. The van der Waals surface area contributed by atoms with E-state index in [1.165, 1.54) is 0 Å². The number of rotatable bonds is 8. The lowest BCUT2D eigenvalue weighted by Gasteiger charge is -2.24. The predicted molar refractivity (Wildman–Crippen MR) is 83.0 cm³/mol. The fourth-order valence-corrected chi connectivity index (χ4v) is 3.80. The smallest absolute Gasteiger partial charge is 0.184 e. The van der Waals surface area contributed by atoms with E-state index in [1.54, 1.807) is 14.0 Å². The quantitative estimate of drug-likeness (QED) is 0.760. The number of hydrogen-bond acceptors (Lipinski definition) is 7. The third kappa shape index (κ3) is 4.32. The normalized spacial score (nSPS) is 12.6. The fourth-order valence-electron chi connectivity index (χ4n) is 1.64. The molecule has 0 amide bonds. The summed E-state index contributed by atoms with van der Waals surface area (Å²) in [4.78, 5) is 0.132. The highest BCUT2D eigenvalue weighted by Crippen LogP contribution is 2.33. The molecule has 0 fully saturated rings. The van der Waals surface area contributed by atoms with Crippen molar-refractivity contribution in [3.05, 3.63) is 0 Å². The molecule has 0 radical (unpaired) electrons. The number of nitrogens with one attached hydrogen (secondary N) is 1. The number of nitrogen functional groups attached to an aromatic ring is 1. The first-order valence-electron chi connectivity index (χ1n) is 6.44. The largest absolute Gasteiger partial charge is 0.385 e. The van der Waals surface area contributed by atoms with Crippen molar-refractivity contribution >= 4 is 32.2 Å². The van der Waals surface area contributed by atoms with Crippen LogP contribution in [-0.2, 0) is 14.6 Å². The molecule has 1 rings (SSSR count). The van der Waals surface area contributed by atoms with Gasteiger partial charge in [-0.1, -0.05) is 20.8 Å². The van der Waals surface area contributed by atoms with Crippen molar-refractivity contribution in [2.45, 2.75) is 32.1 Å². The summed E-state index contributed by atoms with van der Waals surface area (Å²) in [5, 5.41) is 3.69. The molecule has 6 nitrogen and oxygen atoms in total. The molecule has 0 unspecified atom stereocenters. The van der Waals surface area contributed by atoms with Crippen molar-refractivity contribution < 1.29 is 13.2 Å². The van der Waals surface area contributed by atoms with Crippen LogP contribution >= 0.6 is 11.5 Å². The lowest BCUT2D eigenvalue weighted by atomic mass is 9.90. The van der Waals surface area contributed by atoms with Gasteiger partial charge in [-0.3, -0.25) is 0 Å². The molecule has 0 saturated carbocycles. The topological polar surface area (TPSA) is 94.3 Å². The van der Waals surface area contributed by atoms with Crippen LogP contribution in [0.5, 0.6) is 0 Å². The number of anilines is 2. The second kappa shape index (κ2) is 6.73. The van der Waals surface area contributed by atoms with Crippen LogP contribution in [0.1, 0.15) is 27.2 Å². The summed E-state index contributed by atoms with van der Waals surface area (Å²) in [7, 11) is -1.70. The van der Waals surface area contributed by atoms with Crippen LogP contribution < -0.4 is 11.1 Å². The number of aromatic nitrogens is 1. The van der Waals surface area contributed by atoms with Gasteiger partial charge in [0.25, 0.3) is 0 Å². The van der Waals surface area contributed by atoms with Gasteiger partial charge in [0.15, 0.2) is 15.7 Å². The Hall–Kier alpha value is -0.860. The molecule has 0 aromatic carbocycles. The summed E-state index contributed by atoms with van der Waals surface area (Å²) in [6.07, 6.45) is 0.876. The van der Waals surface area contributed by atoms with E-state index >= 15 is 0 Å². The summed E-state index contributed by atoms with van der Waals surface area (Å²) in [5.74, 6) is 0.0891. The number of nitrogens with two attached hydrogens (primary N) is 1. The van der Waals surface area contributed by atoms with Crippen LogP contribution in [0.15, 0.2) is 4.90 Å². The standard InChI is InChI=1S/C12H23N3O3S2/c1-5-20(16,17)9-10(13)15-19-11(9)14-8-12(2,3)6-7-18-4/h14H,5-8H2,1-4H3,(H2,13,15). The Morgan fingerprint density at radius 2 is 2.10 bits per heavy atom. The molecule has 8 heteroatoms. The highest BCUT2D eigenvalue weighted by atomic mass is 32.2. The molecule has 0 saturated heterocycles. The van der Waals surface area contributed by atoms with Gasteiger partial charge in [-0.05, 0) is 23.4 Å². The number of hydrogen-bond donors (Lipinski definition) is 2. The molecule has 0 aliphatic heterocycles. The van der Waals surface area contributed by atoms with Gasteiger partial charge < -0.3 is 15.8 Å². The molecule has 0 aliphatic carbocycles. The fraction of sp³-hybridized carbons (Fsp3) is 0.750. The summed E-state index contributed by atoms with van der Waals surface area (Å²) in [6.45, 7) is 7.08. The Morgan fingerprint density at radius 1 is 1.45 bits per heavy atom. The molecule has 1 aromatic rings. The zero-order valence-electron chi connectivity index (χ0n) is 12.4. The average molecular weight is 321 g/mol. The zero-order chi connectivity index (χ0) is 15.4. The Labute approximate surface area is 124 Å². The third-order valence-electron chi connectivity index (χ3n) is 3.08. The minimum atomic E-state index is -3.37. The Bertz CT molecular complexity index is 538. The number of methoxy groups -OCH3 is 1. The van der Waals surface area contributed by atoms with Crippen molar-refractivity contribution in [2.75, 3.05) is 37.1 Å². The molecule has 1 heterocycles. The van der Waals surface area contributed by atoms with Gasteiger partial charge in [-0.25, -0.2) is 8.42 Å². The van der Waals surface area contributed by atoms with Crippen molar-refractivity contribution in [2.24, 2.45) is 5.41 Å². The number of nitrogens with zero attached hydrogens (tertiary/aromatic N) is 1. The lowest BCUT2D eigenvalue weighted by molar-refractivity contribution is 0.157. The van der Waals surface area contributed by atoms with Gasteiger partial charge in [0, 0.05) is 20.3 Å². The van der Waals surface area contributed by atoms with Gasteiger partial charge in [-0.15, -0.1) is 0 Å². The summed E-state index contributed by atoms with van der Waals surface area (Å²) in [6, 6.07) is 0. The molecular weight excluding hydrogens is 298 g/mol. The third-order valence-corrected chi connectivity index (χ3v) is 5.82. The maximum atomic E-state index is 12.0. The first-order valence-corrected chi connectivity index (χ1v) is 8.87. The van der Waals surface area contributed by atoms with Crippen LogP contribution in [-0.4, -0.2) is 38.8 Å². The lowest BCUT2D eigenvalue weighted by Crippen LogP contribution is -2.25. The SMILES string of the molecule is CCS(=O)(=O)c1c(N)nsc1NCC(C)(C)CCOC. The first-order chi connectivity index (χ1) is 9.23. The van der Waals surface area contributed by atoms with Crippen molar-refractivity contribution in [3.8, 4) is 0 Å².